The largest absolute Gasteiger partial charge is 0.497 e. The number of hydrogen-bond donors (Lipinski definition) is 2. The molecule has 0 heterocycles. The van der Waals surface area contributed by atoms with E-state index in [0.717, 1.165) is 41.7 Å². The zero-order valence-electron chi connectivity index (χ0n) is 15.0. The van der Waals surface area contributed by atoms with Crippen LogP contribution in [0.1, 0.15) is 35.6 Å². The molecule has 1 aliphatic carbocycles. The number of hydrogen-bond acceptors (Lipinski definition) is 3. The summed E-state index contributed by atoms with van der Waals surface area (Å²) in [6, 6.07) is 11.9. The van der Waals surface area contributed by atoms with Crippen molar-refractivity contribution in [3.05, 3.63) is 59.2 Å². The minimum absolute atomic E-state index is 0.145. The average molecular weight is 376 g/mol. The van der Waals surface area contributed by atoms with Crippen LogP contribution in [0.15, 0.2) is 42.5 Å². The lowest BCUT2D eigenvalue weighted by Gasteiger charge is -2.27. The summed E-state index contributed by atoms with van der Waals surface area (Å²) >= 11 is 0. The van der Waals surface area contributed by atoms with E-state index >= 15 is 0 Å². The van der Waals surface area contributed by atoms with Gasteiger partial charge in [-0.1, -0.05) is 18.2 Å². The van der Waals surface area contributed by atoms with Crippen LogP contribution in [0.2, 0.25) is 0 Å². The van der Waals surface area contributed by atoms with E-state index in [2.05, 4.69) is 15.4 Å². The second-order valence-corrected chi connectivity index (χ2v) is 6.36. The van der Waals surface area contributed by atoms with Crippen molar-refractivity contribution in [3.63, 3.8) is 0 Å². The summed E-state index contributed by atoms with van der Waals surface area (Å²) in [6.07, 6.45) is 2.44. The van der Waals surface area contributed by atoms with E-state index in [0.29, 0.717) is 6.54 Å². The number of nitrogens with one attached hydrogen (secondary N) is 2. The Labute approximate surface area is 156 Å². The molecular formula is C20H22F2N2O3. The van der Waals surface area contributed by atoms with Crippen molar-refractivity contribution in [2.45, 2.75) is 38.5 Å². The van der Waals surface area contributed by atoms with Gasteiger partial charge in [-0.25, -0.2) is 4.79 Å². The molecule has 0 fully saturated rings. The Kier molecular flexibility index (Phi) is 6.11. The van der Waals surface area contributed by atoms with Crippen molar-refractivity contribution in [3.8, 4) is 11.5 Å². The van der Waals surface area contributed by atoms with Crippen LogP contribution in [0.4, 0.5) is 13.6 Å². The van der Waals surface area contributed by atoms with Gasteiger partial charge in [0.2, 0.25) is 0 Å². The molecule has 27 heavy (non-hydrogen) atoms. The Morgan fingerprint density at radius 2 is 2.07 bits per heavy atom. The molecule has 144 valence electrons. The quantitative estimate of drug-likeness (QED) is 0.795. The van der Waals surface area contributed by atoms with Crippen molar-refractivity contribution < 1.29 is 23.0 Å². The van der Waals surface area contributed by atoms with Crippen LogP contribution >= 0.6 is 0 Å². The number of ether oxygens (including phenoxy) is 2. The summed E-state index contributed by atoms with van der Waals surface area (Å²) in [5.41, 5.74) is 2.80. The fraction of sp³-hybridized carbons (Fsp3) is 0.350. The summed E-state index contributed by atoms with van der Waals surface area (Å²) in [5.74, 6) is 0.879. The van der Waals surface area contributed by atoms with E-state index in [1.54, 1.807) is 19.2 Å². The van der Waals surface area contributed by atoms with Crippen LogP contribution in [0.3, 0.4) is 0 Å². The molecule has 0 aromatic heterocycles. The van der Waals surface area contributed by atoms with Gasteiger partial charge in [-0.05, 0) is 60.2 Å². The van der Waals surface area contributed by atoms with Gasteiger partial charge in [-0.2, -0.15) is 8.78 Å². The van der Waals surface area contributed by atoms with Crippen molar-refractivity contribution in [2.24, 2.45) is 0 Å². The smallest absolute Gasteiger partial charge is 0.387 e. The zero-order valence-corrected chi connectivity index (χ0v) is 15.0. The van der Waals surface area contributed by atoms with Gasteiger partial charge in [-0.3, -0.25) is 0 Å². The maximum Gasteiger partial charge on any atom is 0.387 e. The fourth-order valence-electron chi connectivity index (χ4n) is 3.29. The maximum atomic E-state index is 12.4. The molecule has 1 aliphatic rings. The Morgan fingerprint density at radius 3 is 2.85 bits per heavy atom. The van der Waals surface area contributed by atoms with Gasteiger partial charge in [0.05, 0.1) is 13.2 Å². The van der Waals surface area contributed by atoms with E-state index in [4.69, 9.17) is 4.74 Å². The standard InChI is InChI=1S/C20H22F2N2O3/c1-26-15-6-2-4-13(10-15)12-23-20(25)24-18-7-3-5-14-11-16(27-19(21)22)8-9-17(14)18/h2,4,6,8-11,18-19H,3,5,7,12H2,1H3,(H2,23,24,25). The molecule has 2 aromatic rings. The molecule has 1 atom stereocenters. The summed E-state index contributed by atoms with van der Waals surface area (Å²) < 4.78 is 34.4. The Morgan fingerprint density at radius 1 is 1.22 bits per heavy atom. The van der Waals surface area contributed by atoms with Crippen LogP contribution in [-0.2, 0) is 13.0 Å². The molecule has 3 rings (SSSR count). The van der Waals surface area contributed by atoms with Gasteiger partial charge in [0.25, 0.3) is 0 Å². The highest BCUT2D eigenvalue weighted by atomic mass is 19.3. The summed E-state index contributed by atoms with van der Waals surface area (Å²) in [4.78, 5) is 12.3. The van der Waals surface area contributed by atoms with Crippen LogP contribution in [-0.4, -0.2) is 19.8 Å². The molecule has 0 bridgehead atoms. The number of methoxy groups -OCH3 is 1. The number of aryl methyl sites for hydroxylation is 1. The summed E-state index contributed by atoms with van der Waals surface area (Å²) in [5, 5.41) is 5.80. The minimum Gasteiger partial charge on any atom is -0.497 e. The predicted octanol–water partition coefficient (Wildman–Crippen LogP) is 4.17. The first kappa shape index (κ1) is 18.9. The molecule has 7 heteroatoms. The van der Waals surface area contributed by atoms with Crippen LogP contribution in [0, 0.1) is 0 Å². The minimum atomic E-state index is -2.84. The monoisotopic (exact) mass is 376 g/mol. The lowest BCUT2D eigenvalue weighted by molar-refractivity contribution is -0.0499. The first-order valence-electron chi connectivity index (χ1n) is 8.80. The molecule has 2 aromatic carbocycles. The third-order valence-corrected chi connectivity index (χ3v) is 4.55. The fourth-order valence-corrected chi connectivity index (χ4v) is 3.29. The van der Waals surface area contributed by atoms with Crippen LogP contribution in [0.25, 0.3) is 0 Å². The van der Waals surface area contributed by atoms with Gasteiger partial charge in [0, 0.05) is 6.54 Å². The number of amides is 2. The van der Waals surface area contributed by atoms with Crippen molar-refractivity contribution in [2.75, 3.05) is 7.11 Å². The van der Waals surface area contributed by atoms with Gasteiger partial charge >= 0.3 is 12.6 Å². The SMILES string of the molecule is COc1cccc(CNC(=O)NC2CCCc3cc(OC(F)F)ccc32)c1. The molecule has 0 radical (unpaired) electrons. The van der Waals surface area contributed by atoms with Crippen LogP contribution in [0.5, 0.6) is 11.5 Å². The van der Waals surface area contributed by atoms with E-state index < -0.39 is 6.61 Å². The lowest BCUT2D eigenvalue weighted by atomic mass is 9.87. The first-order valence-corrected chi connectivity index (χ1v) is 8.80. The van der Waals surface area contributed by atoms with Crippen molar-refractivity contribution in [1.29, 1.82) is 0 Å². The van der Waals surface area contributed by atoms with Gasteiger partial charge in [0.15, 0.2) is 0 Å². The topological polar surface area (TPSA) is 59.6 Å². The number of benzene rings is 2. The second kappa shape index (κ2) is 8.70. The van der Waals surface area contributed by atoms with Crippen molar-refractivity contribution in [1.82, 2.24) is 10.6 Å². The maximum absolute atomic E-state index is 12.4. The van der Waals surface area contributed by atoms with Crippen LogP contribution < -0.4 is 20.1 Å². The second-order valence-electron chi connectivity index (χ2n) is 6.36. The molecule has 2 amide bonds. The molecular weight excluding hydrogens is 354 g/mol. The highest BCUT2D eigenvalue weighted by molar-refractivity contribution is 5.74. The number of halogens is 2. The number of carbonyl (C=O) groups excluding carboxylic acids is 1. The number of alkyl halides is 2. The molecule has 1 unspecified atom stereocenters. The molecule has 2 N–H and O–H groups in total. The molecule has 5 nitrogen and oxygen atoms in total. The van der Waals surface area contributed by atoms with Gasteiger partial charge in [-0.15, -0.1) is 0 Å². The average Bonchev–Trinajstić information content (AvgIpc) is 2.66. The number of carbonyl (C=O) groups is 1. The number of rotatable bonds is 6. The van der Waals surface area contributed by atoms with E-state index in [-0.39, 0.29) is 17.8 Å². The zero-order chi connectivity index (χ0) is 19.2. The van der Waals surface area contributed by atoms with Crippen molar-refractivity contribution >= 4 is 6.03 Å². The van der Waals surface area contributed by atoms with E-state index in [1.165, 1.54) is 6.07 Å². The third kappa shape index (κ3) is 5.09. The Balaban J connectivity index is 1.60. The normalized spacial score (nSPS) is 15.8. The van der Waals surface area contributed by atoms with E-state index in [9.17, 15) is 13.6 Å². The summed E-state index contributed by atoms with van der Waals surface area (Å²) in [7, 11) is 1.59. The Bertz CT molecular complexity index is 799. The molecule has 0 spiro atoms. The Hall–Kier alpha value is -2.83. The van der Waals surface area contributed by atoms with Gasteiger partial charge in [0.1, 0.15) is 11.5 Å². The predicted molar refractivity (Wildman–Crippen MR) is 97.1 cm³/mol. The summed E-state index contributed by atoms with van der Waals surface area (Å²) in [6.45, 7) is -2.47. The third-order valence-electron chi connectivity index (χ3n) is 4.55. The molecule has 0 saturated carbocycles. The van der Waals surface area contributed by atoms with E-state index in [1.807, 2.05) is 24.3 Å². The molecule has 0 saturated heterocycles. The number of fused-ring (bicyclic) bond motifs is 1. The first-order chi connectivity index (χ1) is 13.0. The highest BCUT2D eigenvalue weighted by Crippen LogP contribution is 2.32. The lowest BCUT2D eigenvalue weighted by Crippen LogP contribution is -2.38. The number of urea groups is 1. The highest BCUT2D eigenvalue weighted by Gasteiger charge is 2.22. The molecule has 0 aliphatic heterocycles. The van der Waals surface area contributed by atoms with Gasteiger partial charge < -0.3 is 20.1 Å².